The molecule has 0 spiro atoms. The summed E-state index contributed by atoms with van der Waals surface area (Å²) >= 11 is 0. The van der Waals surface area contributed by atoms with Crippen LogP contribution >= 0.6 is 0 Å². The van der Waals surface area contributed by atoms with E-state index in [1.807, 2.05) is 17.8 Å². The molecule has 1 heterocycles. The Bertz CT molecular complexity index is 1190. The van der Waals surface area contributed by atoms with Crippen molar-refractivity contribution >= 4 is 10.9 Å². The minimum absolute atomic E-state index is 0.0830. The van der Waals surface area contributed by atoms with Crippen molar-refractivity contribution in [1.29, 1.82) is 0 Å². The Morgan fingerprint density at radius 3 is 2.77 bits per heavy atom. The third-order valence-electron chi connectivity index (χ3n) is 7.74. The number of hydrogen-bond acceptors (Lipinski definition) is 2. The highest BCUT2D eigenvalue weighted by molar-refractivity contribution is 5.82. The minimum Gasteiger partial charge on any atom is -0.378 e. The fourth-order valence-corrected chi connectivity index (χ4v) is 6.19. The number of aliphatic hydroxyl groups is 1. The molecular formula is C27H29FN2O. The molecule has 31 heavy (non-hydrogen) atoms. The second-order valence-electron chi connectivity index (χ2n) is 9.31. The van der Waals surface area contributed by atoms with Gasteiger partial charge in [-0.3, -0.25) is 0 Å². The van der Waals surface area contributed by atoms with E-state index < -0.39 is 5.60 Å². The second kappa shape index (κ2) is 7.50. The van der Waals surface area contributed by atoms with Crippen molar-refractivity contribution in [1.82, 2.24) is 9.78 Å². The van der Waals surface area contributed by atoms with Crippen molar-refractivity contribution in [3.05, 3.63) is 59.5 Å². The number of rotatable bonds is 2. The van der Waals surface area contributed by atoms with Gasteiger partial charge in [0.25, 0.3) is 0 Å². The Kier molecular flexibility index (Phi) is 4.90. The van der Waals surface area contributed by atoms with Crippen molar-refractivity contribution in [2.75, 3.05) is 0 Å². The van der Waals surface area contributed by atoms with Crippen molar-refractivity contribution in [3.8, 4) is 17.5 Å². The van der Waals surface area contributed by atoms with Gasteiger partial charge in [-0.25, -0.2) is 9.07 Å². The van der Waals surface area contributed by atoms with E-state index >= 15 is 0 Å². The molecule has 2 aliphatic carbocycles. The van der Waals surface area contributed by atoms with Crippen LogP contribution in [0.15, 0.2) is 42.6 Å². The molecular weight excluding hydrogens is 387 g/mol. The molecule has 2 aliphatic rings. The summed E-state index contributed by atoms with van der Waals surface area (Å²) in [6.07, 6.45) is 8.71. The maximum atomic E-state index is 13.4. The first-order valence-corrected chi connectivity index (χ1v) is 11.4. The minimum atomic E-state index is -0.847. The van der Waals surface area contributed by atoms with E-state index in [0.29, 0.717) is 5.92 Å². The summed E-state index contributed by atoms with van der Waals surface area (Å²) in [5.74, 6) is 6.24. The van der Waals surface area contributed by atoms with E-state index in [1.165, 1.54) is 23.3 Å². The van der Waals surface area contributed by atoms with Crippen molar-refractivity contribution in [3.63, 3.8) is 0 Å². The average Bonchev–Trinajstić information content (AvgIpc) is 3.10. The number of fused-ring (bicyclic) bond motifs is 4. The molecule has 0 radical (unpaired) electrons. The van der Waals surface area contributed by atoms with Gasteiger partial charge in [0.05, 0.1) is 17.4 Å². The van der Waals surface area contributed by atoms with Crippen LogP contribution in [0.1, 0.15) is 63.5 Å². The van der Waals surface area contributed by atoms with E-state index in [2.05, 4.69) is 36.0 Å². The zero-order chi connectivity index (χ0) is 21.6. The van der Waals surface area contributed by atoms with E-state index in [1.54, 1.807) is 12.1 Å². The van der Waals surface area contributed by atoms with Crippen molar-refractivity contribution < 1.29 is 9.50 Å². The quantitative estimate of drug-likeness (QED) is 0.544. The average molecular weight is 417 g/mol. The fourth-order valence-electron chi connectivity index (χ4n) is 6.19. The summed E-state index contributed by atoms with van der Waals surface area (Å²) in [5.41, 5.74) is 4.01. The lowest BCUT2D eigenvalue weighted by atomic mass is 9.57. The Morgan fingerprint density at radius 2 is 2.03 bits per heavy atom. The van der Waals surface area contributed by atoms with Gasteiger partial charge in [0.2, 0.25) is 0 Å². The molecule has 5 rings (SSSR count). The lowest BCUT2D eigenvalue weighted by Crippen LogP contribution is -2.47. The Balaban J connectivity index is 1.62. The Hall–Kier alpha value is -2.64. The summed E-state index contributed by atoms with van der Waals surface area (Å²) in [5, 5.41) is 16.8. The number of halogens is 1. The molecule has 0 saturated heterocycles. The SMILES string of the molecule is CC#C[C@@]1(O)CC[C@@]2(CC)c3cc4cnn(-c5ccc(F)cc5)c4cc3CCC[C@@H]2C1. The first kappa shape index (κ1) is 20.3. The van der Waals surface area contributed by atoms with E-state index in [0.717, 1.165) is 61.5 Å². The molecule has 1 N–H and O–H groups in total. The molecule has 3 nitrogen and oxygen atoms in total. The lowest BCUT2D eigenvalue weighted by molar-refractivity contribution is -0.00470. The van der Waals surface area contributed by atoms with Crippen LogP contribution in [0.4, 0.5) is 4.39 Å². The molecule has 1 fully saturated rings. The van der Waals surface area contributed by atoms with Crippen LogP contribution in [0.2, 0.25) is 0 Å². The van der Waals surface area contributed by atoms with Crippen LogP contribution in [0.5, 0.6) is 0 Å². The molecule has 1 aromatic heterocycles. The normalized spacial score (nSPS) is 27.7. The molecule has 0 amide bonds. The third-order valence-corrected chi connectivity index (χ3v) is 7.74. The van der Waals surface area contributed by atoms with E-state index in [9.17, 15) is 9.50 Å². The number of aromatic nitrogens is 2. The molecule has 2 aromatic carbocycles. The summed E-state index contributed by atoms with van der Waals surface area (Å²) in [4.78, 5) is 0. The molecule has 160 valence electrons. The van der Waals surface area contributed by atoms with Crippen LogP contribution in [-0.2, 0) is 11.8 Å². The van der Waals surface area contributed by atoms with Crippen molar-refractivity contribution in [2.24, 2.45) is 5.92 Å². The summed E-state index contributed by atoms with van der Waals surface area (Å²) in [6, 6.07) is 11.1. The Labute approximate surface area is 183 Å². The van der Waals surface area contributed by atoms with Crippen LogP contribution in [-0.4, -0.2) is 20.5 Å². The molecule has 0 bridgehead atoms. The number of hydrogen-bond donors (Lipinski definition) is 1. The number of aryl methyl sites for hydroxylation is 1. The maximum absolute atomic E-state index is 13.4. The molecule has 4 heteroatoms. The third kappa shape index (κ3) is 3.27. The molecule has 3 atom stereocenters. The van der Waals surface area contributed by atoms with Gasteiger partial charge < -0.3 is 5.11 Å². The van der Waals surface area contributed by atoms with E-state index in [4.69, 9.17) is 0 Å². The van der Waals surface area contributed by atoms with E-state index in [-0.39, 0.29) is 11.2 Å². The van der Waals surface area contributed by atoms with Gasteiger partial charge in [-0.2, -0.15) is 5.10 Å². The highest BCUT2D eigenvalue weighted by Gasteiger charge is 2.49. The topological polar surface area (TPSA) is 38.1 Å². The van der Waals surface area contributed by atoms with Crippen LogP contribution in [0, 0.1) is 23.6 Å². The van der Waals surface area contributed by atoms with Gasteiger partial charge in [-0.05, 0) is 111 Å². The maximum Gasteiger partial charge on any atom is 0.125 e. The second-order valence-corrected chi connectivity index (χ2v) is 9.31. The van der Waals surface area contributed by atoms with Gasteiger partial charge in [0.15, 0.2) is 0 Å². The fraction of sp³-hybridized carbons (Fsp3) is 0.444. The highest BCUT2D eigenvalue weighted by Crippen LogP contribution is 2.54. The highest BCUT2D eigenvalue weighted by atomic mass is 19.1. The first-order chi connectivity index (χ1) is 15.0. The van der Waals surface area contributed by atoms with Gasteiger partial charge in [-0.15, -0.1) is 5.92 Å². The zero-order valence-corrected chi connectivity index (χ0v) is 18.3. The molecule has 3 aromatic rings. The summed E-state index contributed by atoms with van der Waals surface area (Å²) in [6.45, 7) is 4.11. The number of nitrogens with zero attached hydrogens (tertiary/aromatic N) is 2. The Morgan fingerprint density at radius 1 is 1.23 bits per heavy atom. The largest absolute Gasteiger partial charge is 0.378 e. The standard InChI is InChI=1S/C27H29FN2O/c1-3-12-26(31)13-14-27(4-2)21(17-26)7-5-6-19-16-25-20(15-24(19)27)18-29-30(25)23-10-8-22(28)9-11-23/h8-11,15-16,18,21,31H,4-7,13-14,17H2,1-2H3/t21-,26-,27-/m1/s1. The summed E-state index contributed by atoms with van der Waals surface area (Å²) < 4.78 is 15.3. The van der Waals surface area contributed by atoms with Gasteiger partial charge in [-0.1, -0.05) is 12.8 Å². The number of benzene rings is 2. The van der Waals surface area contributed by atoms with Crippen molar-refractivity contribution in [2.45, 2.75) is 69.8 Å². The van der Waals surface area contributed by atoms with Gasteiger partial charge in [0, 0.05) is 5.39 Å². The molecule has 0 unspecified atom stereocenters. The molecule has 0 aliphatic heterocycles. The smallest absolute Gasteiger partial charge is 0.125 e. The zero-order valence-electron chi connectivity index (χ0n) is 18.3. The predicted molar refractivity (Wildman–Crippen MR) is 122 cm³/mol. The first-order valence-electron chi connectivity index (χ1n) is 11.4. The van der Waals surface area contributed by atoms with Crippen LogP contribution < -0.4 is 0 Å². The predicted octanol–water partition coefficient (Wildman–Crippen LogP) is 5.70. The summed E-state index contributed by atoms with van der Waals surface area (Å²) in [7, 11) is 0. The van der Waals surface area contributed by atoms with Crippen LogP contribution in [0.25, 0.3) is 16.6 Å². The van der Waals surface area contributed by atoms with Gasteiger partial charge >= 0.3 is 0 Å². The monoisotopic (exact) mass is 416 g/mol. The van der Waals surface area contributed by atoms with Crippen LogP contribution in [0.3, 0.4) is 0 Å². The lowest BCUT2D eigenvalue weighted by Gasteiger charge is -2.48. The molecule has 1 saturated carbocycles. The van der Waals surface area contributed by atoms with Gasteiger partial charge in [0.1, 0.15) is 11.4 Å².